The van der Waals surface area contributed by atoms with Gasteiger partial charge in [-0.15, -0.1) is 4.59 Å². The Morgan fingerprint density at radius 1 is 1.22 bits per heavy atom. The lowest BCUT2D eigenvalue weighted by atomic mass is 9.98. The zero-order chi connectivity index (χ0) is 25.3. The predicted molar refractivity (Wildman–Crippen MR) is 136 cm³/mol. The lowest BCUT2D eigenvalue weighted by Crippen LogP contribution is -2.53. The summed E-state index contributed by atoms with van der Waals surface area (Å²) in [6, 6.07) is 8.59. The second-order valence-electron chi connectivity index (χ2n) is 8.86. The summed E-state index contributed by atoms with van der Waals surface area (Å²) in [6.07, 6.45) is 10.7. The molecule has 1 fully saturated rings. The van der Waals surface area contributed by atoms with E-state index in [1.807, 2.05) is 24.0 Å². The normalized spacial score (nSPS) is 22.8. The van der Waals surface area contributed by atoms with Gasteiger partial charge in [-0.05, 0) is 62.6 Å². The number of nitrogens with one attached hydrogen (secondary N) is 1. The molecule has 0 radical (unpaired) electrons. The molecular weight excluding hydrogens is 456 g/mol. The number of rotatable bonds is 5. The Bertz CT molecular complexity index is 1360. The SMILES string of the molecule is C=CC(=O)N1CCCCC1C1=C2C=NC=C[N+]2(N)C(c2ccc(C(=O)Nc3nccc(C)n3)cc2)=N1. The fraction of sp³-hybridized carbons (Fsp3) is 0.231. The fourth-order valence-electron chi connectivity index (χ4n) is 4.70. The number of quaternary nitrogens is 1. The smallest absolute Gasteiger partial charge is 0.264 e. The highest BCUT2D eigenvalue weighted by atomic mass is 16.2. The monoisotopic (exact) mass is 483 g/mol. The number of aliphatic imine (C=N–C) groups is 2. The van der Waals surface area contributed by atoms with Crippen LogP contribution in [-0.4, -0.2) is 55.9 Å². The molecule has 182 valence electrons. The largest absolute Gasteiger partial charge is 0.330 e. The summed E-state index contributed by atoms with van der Waals surface area (Å²) in [5, 5.41) is 2.71. The van der Waals surface area contributed by atoms with E-state index in [0.717, 1.165) is 41.9 Å². The number of aromatic nitrogens is 2. The number of hydrogen-bond donors (Lipinski definition) is 2. The Balaban J connectivity index is 1.45. The summed E-state index contributed by atoms with van der Waals surface area (Å²) in [5.74, 6) is 7.26. The number of amides is 2. The molecule has 0 aliphatic carbocycles. The highest BCUT2D eigenvalue weighted by molar-refractivity contribution is 6.05. The van der Waals surface area contributed by atoms with Gasteiger partial charge in [-0.1, -0.05) is 6.58 Å². The molecule has 2 amide bonds. The molecule has 4 heterocycles. The van der Waals surface area contributed by atoms with Crippen molar-refractivity contribution in [2.24, 2.45) is 15.8 Å². The first kappa shape index (κ1) is 23.5. The number of allylic oxidation sites excluding steroid dienone is 1. The average molecular weight is 484 g/mol. The molecule has 1 aromatic carbocycles. The third-order valence-electron chi connectivity index (χ3n) is 6.52. The molecule has 1 saturated heterocycles. The topological polar surface area (TPSA) is 126 Å². The number of likely N-dealkylation sites (tertiary alicyclic amines) is 1. The lowest BCUT2D eigenvalue weighted by molar-refractivity contribution is -0.750. The van der Waals surface area contributed by atoms with Crippen molar-refractivity contribution in [2.75, 3.05) is 11.9 Å². The van der Waals surface area contributed by atoms with Crippen LogP contribution in [0.5, 0.6) is 0 Å². The molecule has 3 N–H and O–H groups in total. The van der Waals surface area contributed by atoms with Gasteiger partial charge in [-0.2, -0.15) is 10.8 Å². The third kappa shape index (κ3) is 4.16. The maximum Gasteiger partial charge on any atom is 0.264 e. The second-order valence-corrected chi connectivity index (χ2v) is 8.86. The van der Waals surface area contributed by atoms with Crippen molar-refractivity contribution < 1.29 is 14.2 Å². The van der Waals surface area contributed by atoms with Gasteiger partial charge in [0.1, 0.15) is 11.9 Å². The Morgan fingerprint density at radius 3 is 2.78 bits per heavy atom. The Hall–Kier alpha value is -4.28. The van der Waals surface area contributed by atoms with Crippen LogP contribution in [0.25, 0.3) is 0 Å². The minimum atomic E-state index is -0.317. The number of nitrogens with two attached hydrogens (primary N) is 1. The number of aryl methyl sites for hydroxylation is 1. The molecule has 2 atom stereocenters. The standard InChI is InChI=1S/C26H26N8O2/c1-3-22(35)33-14-5-4-6-20(33)23-21-16-28-13-15-34(21,27)24(31-23)18-7-9-19(10-8-18)25(36)32-26-29-12-11-17(2)30-26/h3,7-13,15-16,20H,1,4-6,14,27H2,2H3/p+1. The van der Waals surface area contributed by atoms with Crippen LogP contribution < -0.4 is 11.2 Å². The first-order valence-electron chi connectivity index (χ1n) is 11.8. The number of amidine groups is 1. The molecular formula is C26H27N8O2+. The summed E-state index contributed by atoms with van der Waals surface area (Å²) in [5.41, 5.74) is 3.42. The summed E-state index contributed by atoms with van der Waals surface area (Å²) >= 11 is 0. The number of benzene rings is 1. The van der Waals surface area contributed by atoms with Crippen molar-refractivity contribution >= 4 is 29.8 Å². The Kier molecular flexibility index (Phi) is 6.13. The van der Waals surface area contributed by atoms with Gasteiger partial charge in [-0.3, -0.25) is 19.9 Å². The number of anilines is 1. The Morgan fingerprint density at radius 2 is 2.03 bits per heavy atom. The van der Waals surface area contributed by atoms with Crippen LogP contribution in [0.1, 0.15) is 40.9 Å². The van der Waals surface area contributed by atoms with Gasteiger partial charge < -0.3 is 4.90 Å². The molecule has 5 rings (SSSR count). The lowest BCUT2D eigenvalue weighted by Gasteiger charge is -2.35. The quantitative estimate of drug-likeness (QED) is 0.384. The van der Waals surface area contributed by atoms with E-state index < -0.39 is 0 Å². The highest BCUT2D eigenvalue weighted by Crippen LogP contribution is 2.36. The van der Waals surface area contributed by atoms with Gasteiger partial charge in [0.05, 0.1) is 24.0 Å². The van der Waals surface area contributed by atoms with E-state index in [-0.39, 0.29) is 28.4 Å². The van der Waals surface area contributed by atoms with Crippen molar-refractivity contribution in [3.63, 3.8) is 0 Å². The summed E-state index contributed by atoms with van der Waals surface area (Å²) < 4.78 is -0.159. The molecule has 36 heavy (non-hydrogen) atoms. The maximum atomic E-state index is 12.7. The van der Waals surface area contributed by atoms with Crippen LogP contribution in [0.2, 0.25) is 0 Å². The van der Waals surface area contributed by atoms with Crippen molar-refractivity contribution in [3.05, 3.63) is 89.8 Å². The maximum absolute atomic E-state index is 12.7. The van der Waals surface area contributed by atoms with E-state index in [9.17, 15) is 9.59 Å². The molecule has 2 unspecified atom stereocenters. The number of carbonyl (C=O) groups excluding carboxylic acids is 2. The van der Waals surface area contributed by atoms with E-state index in [4.69, 9.17) is 10.8 Å². The van der Waals surface area contributed by atoms with Crippen LogP contribution in [-0.2, 0) is 4.79 Å². The van der Waals surface area contributed by atoms with Gasteiger partial charge in [0, 0.05) is 24.0 Å². The average Bonchev–Trinajstić information content (AvgIpc) is 3.21. The molecule has 0 spiro atoms. The zero-order valence-corrected chi connectivity index (χ0v) is 20.0. The Labute approximate surface area is 208 Å². The minimum absolute atomic E-state index is 0.122. The number of hydrogen-bond acceptors (Lipinski definition) is 7. The minimum Gasteiger partial charge on any atom is -0.330 e. The van der Waals surface area contributed by atoms with Gasteiger partial charge in [0.15, 0.2) is 0 Å². The molecule has 10 nitrogen and oxygen atoms in total. The second kappa shape index (κ2) is 9.40. The zero-order valence-electron chi connectivity index (χ0n) is 20.0. The van der Waals surface area contributed by atoms with E-state index in [1.54, 1.807) is 43.0 Å². The van der Waals surface area contributed by atoms with Gasteiger partial charge in [-0.25, -0.2) is 9.97 Å². The van der Waals surface area contributed by atoms with Crippen molar-refractivity contribution in [3.8, 4) is 0 Å². The first-order valence-corrected chi connectivity index (χ1v) is 11.8. The third-order valence-corrected chi connectivity index (χ3v) is 6.52. The van der Waals surface area contributed by atoms with Crippen molar-refractivity contribution in [1.29, 1.82) is 0 Å². The van der Waals surface area contributed by atoms with Crippen molar-refractivity contribution in [1.82, 2.24) is 14.9 Å². The molecule has 3 aliphatic heterocycles. The summed E-state index contributed by atoms with van der Waals surface area (Å²) in [6.45, 7) is 6.13. The van der Waals surface area contributed by atoms with E-state index in [0.29, 0.717) is 17.9 Å². The van der Waals surface area contributed by atoms with Crippen molar-refractivity contribution in [2.45, 2.75) is 32.2 Å². The fourth-order valence-corrected chi connectivity index (χ4v) is 4.70. The van der Waals surface area contributed by atoms with Crippen LogP contribution in [0.4, 0.5) is 5.95 Å². The molecule has 1 aromatic heterocycles. The molecule has 0 bridgehead atoms. The van der Waals surface area contributed by atoms with Gasteiger partial charge in [0.25, 0.3) is 11.7 Å². The van der Waals surface area contributed by atoms with E-state index >= 15 is 0 Å². The van der Waals surface area contributed by atoms with E-state index in [1.165, 1.54) is 6.08 Å². The van der Waals surface area contributed by atoms with Crippen LogP contribution in [0, 0.1) is 6.92 Å². The summed E-state index contributed by atoms with van der Waals surface area (Å²) in [7, 11) is 0. The first-order chi connectivity index (χ1) is 17.4. The highest BCUT2D eigenvalue weighted by Gasteiger charge is 2.47. The molecule has 10 heteroatoms. The summed E-state index contributed by atoms with van der Waals surface area (Å²) in [4.78, 5) is 44.6. The van der Waals surface area contributed by atoms with Crippen LogP contribution >= 0.6 is 0 Å². The number of piperidine rings is 1. The number of nitrogens with zero attached hydrogens (tertiary/aromatic N) is 6. The number of fused-ring (bicyclic) bond motifs is 1. The van der Waals surface area contributed by atoms with Gasteiger partial charge in [0.2, 0.25) is 17.6 Å². The van der Waals surface area contributed by atoms with E-state index in [2.05, 4.69) is 26.9 Å². The van der Waals surface area contributed by atoms with Gasteiger partial charge >= 0.3 is 0 Å². The van der Waals surface area contributed by atoms with Crippen LogP contribution in [0.15, 0.2) is 83.0 Å². The molecule has 3 aliphatic rings. The number of carbonyl (C=O) groups is 2. The predicted octanol–water partition coefficient (Wildman–Crippen LogP) is 2.82. The molecule has 0 saturated carbocycles. The molecule has 2 aromatic rings. The van der Waals surface area contributed by atoms with Crippen LogP contribution in [0.3, 0.4) is 0 Å².